The second-order valence-electron chi connectivity index (χ2n) is 6.19. The maximum Gasteiger partial charge on any atom is 0.341 e. The molecule has 0 saturated heterocycles. The summed E-state index contributed by atoms with van der Waals surface area (Å²) < 4.78 is 6.96. The van der Waals surface area contributed by atoms with Crippen LogP contribution in [-0.4, -0.2) is 22.9 Å². The molecule has 0 N–H and O–H groups in total. The topological polar surface area (TPSA) is 44.1 Å². The second-order valence-corrected chi connectivity index (χ2v) is 6.19. The van der Waals surface area contributed by atoms with Crippen molar-refractivity contribution in [2.45, 2.75) is 51.5 Å². The summed E-state index contributed by atoms with van der Waals surface area (Å²) in [4.78, 5) is 11.8. The van der Waals surface area contributed by atoms with Gasteiger partial charge >= 0.3 is 5.97 Å². The first kappa shape index (κ1) is 12.7. The molecule has 0 spiro atoms. The monoisotopic (exact) mass is 262 g/mol. The van der Waals surface area contributed by atoms with E-state index >= 15 is 0 Å². The number of carbonyl (C=O) groups excluding carboxylic acids is 1. The molecule has 0 amide bonds. The molecule has 2 aliphatic rings. The average Bonchev–Trinajstić information content (AvgIpc) is 2.68. The number of hydrogen-bond donors (Lipinski definition) is 0. The Bertz CT molecular complexity index is 470. The van der Waals surface area contributed by atoms with Crippen molar-refractivity contribution < 1.29 is 9.53 Å². The highest BCUT2D eigenvalue weighted by molar-refractivity contribution is 5.90. The molecule has 0 atom stereocenters. The van der Waals surface area contributed by atoms with Gasteiger partial charge in [-0.2, -0.15) is 5.10 Å². The van der Waals surface area contributed by atoms with Crippen LogP contribution in [0.1, 0.15) is 61.0 Å². The molecular formula is C15H22N2O2. The standard InChI is InChI=1S/C15H22N2O2/c1-10-6-11(7-10)9-17-14(12-4-3-5-12)13(8-16-17)15(18)19-2/h8,10-12H,3-7,9H2,1-2H3. The summed E-state index contributed by atoms with van der Waals surface area (Å²) in [5.41, 5.74) is 1.80. The molecule has 0 aromatic carbocycles. The Morgan fingerprint density at radius 3 is 2.74 bits per heavy atom. The lowest BCUT2D eigenvalue weighted by atomic mass is 9.76. The molecule has 2 aliphatic carbocycles. The summed E-state index contributed by atoms with van der Waals surface area (Å²) in [6.45, 7) is 3.26. The summed E-state index contributed by atoms with van der Waals surface area (Å²) in [5.74, 6) is 1.86. The van der Waals surface area contributed by atoms with Crippen LogP contribution in [0.4, 0.5) is 0 Å². The van der Waals surface area contributed by atoms with Crippen molar-refractivity contribution in [2.24, 2.45) is 11.8 Å². The van der Waals surface area contributed by atoms with Crippen LogP contribution < -0.4 is 0 Å². The number of ether oxygens (including phenoxy) is 1. The van der Waals surface area contributed by atoms with Crippen LogP contribution in [0.2, 0.25) is 0 Å². The maximum absolute atomic E-state index is 11.8. The van der Waals surface area contributed by atoms with E-state index in [0.29, 0.717) is 11.5 Å². The zero-order chi connectivity index (χ0) is 13.4. The molecule has 4 heteroatoms. The minimum absolute atomic E-state index is 0.241. The van der Waals surface area contributed by atoms with Crippen LogP contribution in [-0.2, 0) is 11.3 Å². The zero-order valence-corrected chi connectivity index (χ0v) is 11.8. The van der Waals surface area contributed by atoms with Gasteiger partial charge in [0.05, 0.1) is 19.0 Å². The summed E-state index contributed by atoms with van der Waals surface area (Å²) in [6, 6.07) is 0. The van der Waals surface area contributed by atoms with E-state index < -0.39 is 0 Å². The number of methoxy groups -OCH3 is 1. The van der Waals surface area contributed by atoms with E-state index in [1.807, 2.05) is 0 Å². The summed E-state index contributed by atoms with van der Waals surface area (Å²) >= 11 is 0. The molecule has 1 aromatic heterocycles. The molecule has 3 rings (SSSR count). The minimum atomic E-state index is -0.241. The van der Waals surface area contributed by atoms with Gasteiger partial charge in [-0.05, 0) is 37.5 Å². The van der Waals surface area contributed by atoms with Gasteiger partial charge in [0.15, 0.2) is 0 Å². The lowest BCUT2D eigenvalue weighted by Gasteiger charge is -2.34. The highest BCUT2D eigenvalue weighted by atomic mass is 16.5. The van der Waals surface area contributed by atoms with Gasteiger partial charge in [0.1, 0.15) is 5.56 Å². The zero-order valence-electron chi connectivity index (χ0n) is 11.8. The van der Waals surface area contributed by atoms with Crippen molar-refractivity contribution in [2.75, 3.05) is 7.11 Å². The molecule has 4 nitrogen and oxygen atoms in total. The van der Waals surface area contributed by atoms with Gasteiger partial charge in [0.2, 0.25) is 0 Å². The van der Waals surface area contributed by atoms with Crippen LogP contribution in [0.5, 0.6) is 0 Å². The molecule has 0 radical (unpaired) electrons. The number of carbonyl (C=O) groups is 1. The van der Waals surface area contributed by atoms with E-state index in [0.717, 1.165) is 24.1 Å². The van der Waals surface area contributed by atoms with E-state index in [-0.39, 0.29) is 5.97 Å². The van der Waals surface area contributed by atoms with E-state index in [1.165, 1.54) is 39.2 Å². The SMILES string of the molecule is COC(=O)c1cnn(CC2CC(C)C2)c1C1CCC1. The van der Waals surface area contributed by atoms with E-state index in [4.69, 9.17) is 4.74 Å². The lowest BCUT2D eigenvalue weighted by Crippen LogP contribution is -2.28. The molecule has 2 saturated carbocycles. The van der Waals surface area contributed by atoms with Crippen molar-refractivity contribution in [1.29, 1.82) is 0 Å². The Hall–Kier alpha value is -1.32. The maximum atomic E-state index is 11.8. The van der Waals surface area contributed by atoms with Crippen molar-refractivity contribution in [3.05, 3.63) is 17.5 Å². The average molecular weight is 262 g/mol. The smallest absolute Gasteiger partial charge is 0.341 e. The predicted molar refractivity (Wildman–Crippen MR) is 72.0 cm³/mol. The van der Waals surface area contributed by atoms with Crippen molar-refractivity contribution >= 4 is 5.97 Å². The first-order valence-corrected chi connectivity index (χ1v) is 7.33. The van der Waals surface area contributed by atoms with Crippen molar-refractivity contribution in [3.8, 4) is 0 Å². The summed E-state index contributed by atoms with van der Waals surface area (Å²) in [7, 11) is 1.44. The third-order valence-corrected chi connectivity index (χ3v) is 4.68. The Labute approximate surface area is 114 Å². The normalized spacial score (nSPS) is 26.6. The van der Waals surface area contributed by atoms with Crippen LogP contribution in [0.3, 0.4) is 0 Å². The third kappa shape index (κ3) is 2.28. The number of rotatable bonds is 4. The highest BCUT2D eigenvalue weighted by Gasteiger charge is 2.32. The predicted octanol–water partition coefficient (Wildman–Crippen LogP) is 2.98. The fraction of sp³-hybridized carbons (Fsp3) is 0.733. The molecule has 1 aromatic rings. The molecule has 104 valence electrons. The van der Waals surface area contributed by atoms with E-state index in [2.05, 4.69) is 16.7 Å². The quantitative estimate of drug-likeness (QED) is 0.783. The Balaban J connectivity index is 1.82. The molecule has 0 aliphatic heterocycles. The summed E-state index contributed by atoms with van der Waals surface area (Å²) in [5, 5.41) is 4.45. The third-order valence-electron chi connectivity index (χ3n) is 4.68. The van der Waals surface area contributed by atoms with E-state index in [1.54, 1.807) is 6.20 Å². The van der Waals surface area contributed by atoms with Gasteiger partial charge in [-0.15, -0.1) is 0 Å². The van der Waals surface area contributed by atoms with Gasteiger partial charge in [-0.3, -0.25) is 4.68 Å². The fourth-order valence-electron chi connectivity index (χ4n) is 3.38. The minimum Gasteiger partial charge on any atom is -0.465 e. The fourth-order valence-corrected chi connectivity index (χ4v) is 3.38. The Kier molecular flexibility index (Phi) is 3.33. The first-order chi connectivity index (χ1) is 9.19. The second kappa shape index (κ2) is 4.99. The molecular weight excluding hydrogens is 240 g/mol. The molecule has 2 fully saturated rings. The van der Waals surface area contributed by atoms with Crippen LogP contribution in [0.15, 0.2) is 6.20 Å². The number of nitrogens with zero attached hydrogens (tertiary/aromatic N) is 2. The van der Waals surface area contributed by atoms with Gasteiger partial charge < -0.3 is 4.74 Å². The van der Waals surface area contributed by atoms with Crippen LogP contribution in [0, 0.1) is 11.8 Å². The number of hydrogen-bond acceptors (Lipinski definition) is 3. The van der Waals surface area contributed by atoms with Crippen molar-refractivity contribution in [1.82, 2.24) is 9.78 Å². The highest BCUT2D eigenvalue weighted by Crippen LogP contribution is 2.40. The van der Waals surface area contributed by atoms with Gasteiger partial charge in [-0.25, -0.2) is 4.79 Å². The molecule has 1 heterocycles. The van der Waals surface area contributed by atoms with Gasteiger partial charge in [-0.1, -0.05) is 13.3 Å². The molecule has 19 heavy (non-hydrogen) atoms. The first-order valence-electron chi connectivity index (χ1n) is 7.33. The van der Waals surface area contributed by atoms with Crippen LogP contribution >= 0.6 is 0 Å². The van der Waals surface area contributed by atoms with E-state index in [9.17, 15) is 4.79 Å². The van der Waals surface area contributed by atoms with Crippen molar-refractivity contribution in [3.63, 3.8) is 0 Å². The van der Waals surface area contributed by atoms with Gasteiger partial charge in [0.25, 0.3) is 0 Å². The lowest BCUT2D eigenvalue weighted by molar-refractivity contribution is 0.0597. The Morgan fingerprint density at radius 1 is 1.47 bits per heavy atom. The molecule has 0 unspecified atom stereocenters. The Morgan fingerprint density at radius 2 is 2.21 bits per heavy atom. The number of aromatic nitrogens is 2. The summed E-state index contributed by atoms with van der Waals surface area (Å²) in [6.07, 6.45) is 7.89. The van der Waals surface area contributed by atoms with Crippen LogP contribution in [0.25, 0.3) is 0 Å². The van der Waals surface area contributed by atoms with Gasteiger partial charge in [0, 0.05) is 12.5 Å². The number of esters is 1. The molecule has 0 bridgehead atoms. The largest absolute Gasteiger partial charge is 0.465 e.